The minimum Gasteiger partial charge on any atom is -0.337 e. The quantitative estimate of drug-likeness (QED) is 0.377. The van der Waals surface area contributed by atoms with Crippen LogP contribution in [-0.4, -0.2) is 37.6 Å². The first-order valence-electron chi connectivity index (χ1n) is 4.57. The molecule has 0 atom stereocenters. The van der Waals surface area contributed by atoms with Crippen LogP contribution in [0.3, 0.4) is 0 Å². The van der Waals surface area contributed by atoms with Gasteiger partial charge in [-0.05, 0) is 0 Å². The minimum atomic E-state index is -0.587. The molecule has 5 heteroatoms. The van der Waals surface area contributed by atoms with Crippen molar-refractivity contribution in [1.82, 2.24) is 10.6 Å². The van der Waals surface area contributed by atoms with Crippen molar-refractivity contribution in [2.24, 2.45) is 0 Å². The third-order valence-electron chi connectivity index (χ3n) is 2.97. The Hall–Kier alpha value is -1.10. The molecule has 3 amide bonds. The van der Waals surface area contributed by atoms with Gasteiger partial charge in [0, 0.05) is 12.8 Å². The van der Waals surface area contributed by atoms with Crippen molar-refractivity contribution in [1.29, 1.82) is 0 Å². The Balaban J connectivity index is 2.13. The van der Waals surface area contributed by atoms with Gasteiger partial charge in [-0.1, -0.05) is 0 Å². The molecule has 0 aromatic rings. The van der Waals surface area contributed by atoms with Crippen molar-refractivity contribution < 1.29 is 14.5 Å². The first kappa shape index (κ1) is 8.50. The largest absolute Gasteiger partial charge is 0.337 e. The molecule has 0 radical (unpaired) electrons. The highest BCUT2D eigenvalue weighted by Gasteiger charge is 2.48. The Morgan fingerprint density at radius 2 is 1.92 bits per heavy atom. The summed E-state index contributed by atoms with van der Waals surface area (Å²) in [5, 5.41) is 5.02. The third kappa shape index (κ3) is 1.29. The zero-order chi connectivity index (χ0) is 9.47. The van der Waals surface area contributed by atoms with Crippen LogP contribution in [0.4, 0.5) is 4.79 Å². The average Bonchev–Trinajstić information content (AvgIpc) is 2.34. The van der Waals surface area contributed by atoms with Gasteiger partial charge in [0.15, 0.2) is 0 Å². The van der Waals surface area contributed by atoms with E-state index in [0.717, 1.165) is 25.9 Å². The van der Waals surface area contributed by atoms with Gasteiger partial charge >= 0.3 is 6.03 Å². The number of hydrogen-bond donors (Lipinski definition) is 3. The maximum absolute atomic E-state index is 11.5. The summed E-state index contributed by atoms with van der Waals surface area (Å²) in [6.07, 6.45) is 1.49. The monoisotopic (exact) mass is 184 g/mol. The summed E-state index contributed by atoms with van der Waals surface area (Å²) in [6.45, 7) is 1.88. The average molecular weight is 184 g/mol. The van der Waals surface area contributed by atoms with E-state index in [2.05, 4.69) is 17.7 Å². The summed E-state index contributed by atoms with van der Waals surface area (Å²) < 4.78 is 0. The molecule has 13 heavy (non-hydrogen) atoms. The molecule has 0 aromatic carbocycles. The van der Waals surface area contributed by atoms with Crippen LogP contribution >= 0.6 is 0 Å². The van der Waals surface area contributed by atoms with Gasteiger partial charge < -0.3 is 10.2 Å². The van der Waals surface area contributed by atoms with Crippen LogP contribution < -0.4 is 15.5 Å². The predicted octanol–water partition coefficient (Wildman–Crippen LogP) is -2.13. The van der Waals surface area contributed by atoms with E-state index < -0.39 is 5.54 Å². The Morgan fingerprint density at radius 1 is 1.31 bits per heavy atom. The third-order valence-corrected chi connectivity index (χ3v) is 2.97. The number of quaternary nitrogens is 1. The van der Waals surface area contributed by atoms with E-state index in [0.29, 0.717) is 0 Å². The molecule has 72 valence electrons. The number of piperidine rings is 1. The van der Waals surface area contributed by atoms with Crippen molar-refractivity contribution in [3.8, 4) is 0 Å². The fourth-order valence-electron chi connectivity index (χ4n) is 1.98. The number of carbonyl (C=O) groups excluding carboxylic acids is 2. The number of nitrogens with one attached hydrogen (secondary N) is 3. The summed E-state index contributed by atoms with van der Waals surface area (Å²) in [5.41, 5.74) is -0.587. The molecular weight excluding hydrogens is 170 g/mol. The van der Waals surface area contributed by atoms with Gasteiger partial charge in [0.1, 0.15) is 5.54 Å². The van der Waals surface area contributed by atoms with E-state index >= 15 is 0 Å². The van der Waals surface area contributed by atoms with Crippen molar-refractivity contribution in [3.05, 3.63) is 0 Å². The summed E-state index contributed by atoms with van der Waals surface area (Å²) in [4.78, 5) is 23.8. The van der Waals surface area contributed by atoms with Crippen LogP contribution in [0.15, 0.2) is 0 Å². The second-order valence-electron chi connectivity index (χ2n) is 3.95. The van der Waals surface area contributed by atoms with Gasteiger partial charge in [0.25, 0.3) is 5.91 Å². The fourth-order valence-corrected chi connectivity index (χ4v) is 1.98. The summed E-state index contributed by atoms with van der Waals surface area (Å²) in [6, 6.07) is -0.343. The van der Waals surface area contributed by atoms with Gasteiger partial charge in [-0.3, -0.25) is 10.1 Å². The standard InChI is InChI=1S/C8H13N3O2/c1-11-4-2-8(3-5-11)6(12)9-7(13)10-8/h2-5H2,1H3,(H2,9,10,12,13)/p+1. The Kier molecular flexibility index (Phi) is 1.76. The molecule has 2 heterocycles. The lowest BCUT2D eigenvalue weighted by atomic mass is 9.88. The van der Waals surface area contributed by atoms with Crippen molar-refractivity contribution in [2.45, 2.75) is 18.4 Å². The summed E-state index contributed by atoms with van der Waals surface area (Å²) in [5.74, 6) is -0.148. The van der Waals surface area contributed by atoms with E-state index in [4.69, 9.17) is 0 Å². The highest BCUT2D eigenvalue weighted by atomic mass is 16.2. The van der Waals surface area contributed by atoms with Crippen LogP contribution in [0.2, 0.25) is 0 Å². The Labute approximate surface area is 76.5 Å². The first-order valence-corrected chi connectivity index (χ1v) is 4.57. The molecular formula is C8H14N3O2+. The molecule has 2 aliphatic heterocycles. The lowest BCUT2D eigenvalue weighted by Gasteiger charge is -2.32. The topological polar surface area (TPSA) is 62.6 Å². The highest BCUT2D eigenvalue weighted by Crippen LogP contribution is 2.19. The zero-order valence-corrected chi connectivity index (χ0v) is 7.64. The second-order valence-corrected chi connectivity index (χ2v) is 3.95. The maximum Gasteiger partial charge on any atom is 0.322 e. The lowest BCUT2D eigenvalue weighted by molar-refractivity contribution is -0.885. The molecule has 0 bridgehead atoms. The number of rotatable bonds is 0. The van der Waals surface area contributed by atoms with Crippen LogP contribution in [-0.2, 0) is 4.79 Å². The molecule has 0 aliphatic carbocycles. The predicted molar refractivity (Wildman–Crippen MR) is 45.3 cm³/mol. The molecule has 0 unspecified atom stereocenters. The highest BCUT2D eigenvalue weighted by molar-refractivity contribution is 6.07. The van der Waals surface area contributed by atoms with Gasteiger partial charge in [-0.15, -0.1) is 0 Å². The molecule has 2 aliphatic rings. The number of carbonyl (C=O) groups is 2. The van der Waals surface area contributed by atoms with Gasteiger partial charge in [0.05, 0.1) is 20.1 Å². The molecule has 3 N–H and O–H groups in total. The molecule has 0 saturated carbocycles. The molecule has 2 rings (SSSR count). The Bertz CT molecular complexity index is 256. The smallest absolute Gasteiger partial charge is 0.322 e. The second kappa shape index (κ2) is 2.70. The van der Waals surface area contributed by atoms with Gasteiger partial charge in [-0.25, -0.2) is 4.79 Å². The summed E-state index contributed by atoms with van der Waals surface area (Å²) >= 11 is 0. The lowest BCUT2D eigenvalue weighted by Crippen LogP contribution is -3.11. The van der Waals surface area contributed by atoms with E-state index in [1.807, 2.05) is 0 Å². The molecule has 1 spiro atoms. The van der Waals surface area contributed by atoms with Crippen molar-refractivity contribution >= 4 is 11.9 Å². The molecule has 2 fully saturated rings. The van der Waals surface area contributed by atoms with Crippen LogP contribution in [0.5, 0.6) is 0 Å². The first-order chi connectivity index (χ1) is 6.12. The minimum absolute atomic E-state index is 0.148. The fraction of sp³-hybridized carbons (Fsp3) is 0.750. The number of hydrogen-bond acceptors (Lipinski definition) is 2. The van der Waals surface area contributed by atoms with Crippen LogP contribution in [0.25, 0.3) is 0 Å². The van der Waals surface area contributed by atoms with Crippen LogP contribution in [0, 0.1) is 0 Å². The van der Waals surface area contributed by atoms with E-state index in [1.165, 1.54) is 4.90 Å². The summed E-state index contributed by atoms with van der Waals surface area (Å²) in [7, 11) is 2.10. The van der Waals surface area contributed by atoms with E-state index in [1.54, 1.807) is 0 Å². The maximum atomic E-state index is 11.5. The van der Waals surface area contributed by atoms with Gasteiger partial charge in [-0.2, -0.15) is 0 Å². The molecule has 2 saturated heterocycles. The normalized spacial score (nSPS) is 39.0. The molecule has 0 aromatic heterocycles. The zero-order valence-electron chi connectivity index (χ0n) is 7.64. The van der Waals surface area contributed by atoms with Crippen molar-refractivity contribution in [3.63, 3.8) is 0 Å². The number of amides is 3. The van der Waals surface area contributed by atoms with Crippen molar-refractivity contribution in [2.75, 3.05) is 20.1 Å². The Morgan fingerprint density at radius 3 is 2.38 bits per heavy atom. The van der Waals surface area contributed by atoms with Gasteiger partial charge in [0.2, 0.25) is 0 Å². The number of urea groups is 1. The van der Waals surface area contributed by atoms with E-state index in [-0.39, 0.29) is 11.9 Å². The molecule has 5 nitrogen and oxygen atoms in total. The van der Waals surface area contributed by atoms with Crippen LogP contribution in [0.1, 0.15) is 12.8 Å². The SMILES string of the molecule is C[NH+]1CCC2(CC1)NC(=O)NC2=O. The van der Waals surface area contributed by atoms with E-state index in [9.17, 15) is 9.59 Å². The number of likely N-dealkylation sites (tertiary alicyclic amines) is 1. The number of imide groups is 1.